The highest BCUT2D eigenvalue weighted by Crippen LogP contribution is 2.45. The summed E-state index contributed by atoms with van der Waals surface area (Å²) >= 11 is 0. The van der Waals surface area contributed by atoms with Crippen molar-refractivity contribution in [1.29, 1.82) is 0 Å². The lowest BCUT2D eigenvalue weighted by Crippen LogP contribution is -2.42. The number of Topliss-reactive ketones (excluding diaryl/α,β-unsaturated/α-hetero) is 1. The van der Waals surface area contributed by atoms with Gasteiger partial charge >= 0.3 is 5.97 Å². The molecule has 0 aromatic heterocycles. The number of allylic oxidation sites excluding steroid dienone is 1. The number of hydrogen-bond acceptors (Lipinski definition) is 5. The Labute approximate surface area is 99.7 Å². The minimum Gasteiger partial charge on any atom is -0.469 e. The maximum absolute atomic E-state index is 11.9. The number of carbonyl (C=O) groups is 2. The summed E-state index contributed by atoms with van der Waals surface area (Å²) < 4.78 is 15.8. The van der Waals surface area contributed by atoms with Gasteiger partial charge in [0.15, 0.2) is 5.79 Å². The quantitative estimate of drug-likeness (QED) is 0.536. The summed E-state index contributed by atoms with van der Waals surface area (Å²) in [6.07, 6.45) is 2.19. The van der Waals surface area contributed by atoms with Gasteiger partial charge in [-0.2, -0.15) is 0 Å². The number of methoxy groups -OCH3 is 1. The molecule has 2 rings (SSSR count). The van der Waals surface area contributed by atoms with Crippen LogP contribution in [-0.4, -0.2) is 37.9 Å². The summed E-state index contributed by atoms with van der Waals surface area (Å²) in [6.45, 7) is 4.42. The molecule has 5 nitrogen and oxygen atoms in total. The van der Waals surface area contributed by atoms with E-state index in [0.29, 0.717) is 19.6 Å². The molecule has 0 radical (unpaired) electrons. The lowest BCUT2D eigenvalue weighted by Gasteiger charge is -2.28. The lowest BCUT2D eigenvalue weighted by molar-refractivity contribution is -0.201. The standard InChI is InChI=1S/C12H16O5/c1-3-4-8-9(13)7-12(16-5-6-17-12)10(8)11(14)15-2/h3,8,10H,1,4-7H2,2H3/t8-,10-/m0/s1. The van der Waals surface area contributed by atoms with Crippen LogP contribution in [0.4, 0.5) is 0 Å². The Balaban J connectivity index is 2.31. The van der Waals surface area contributed by atoms with E-state index in [-0.39, 0.29) is 12.2 Å². The van der Waals surface area contributed by atoms with Crippen LogP contribution >= 0.6 is 0 Å². The number of carbonyl (C=O) groups excluding carboxylic acids is 2. The summed E-state index contributed by atoms with van der Waals surface area (Å²) in [7, 11) is 1.30. The second-order valence-corrected chi connectivity index (χ2v) is 4.28. The van der Waals surface area contributed by atoms with Crippen LogP contribution in [0.15, 0.2) is 12.7 Å². The van der Waals surface area contributed by atoms with Gasteiger partial charge in [0.2, 0.25) is 0 Å². The number of ether oxygens (including phenoxy) is 3. The highest BCUT2D eigenvalue weighted by Gasteiger charge is 2.60. The van der Waals surface area contributed by atoms with Gasteiger partial charge in [0, 0.05) is 5.92 Å². The molecule has 1 aliphatic carbocycles. The van der Waals surface area contributed by atoms with Gasteiger partial charge in [0.25, 0.3) is 0 Å². The Morgan fingerprint density at radius 2 is 2.24 bits per heavy atom. The fraction of sp³-hybridized carbons (Fsp3) is 0.667. The fourth-order valence-electron chi connectivity index (χ4n) is 2.65. The molecule has 2 atom stereocenters. The number of ketones is 1. The Bertz CT molecular complexity index is 343. The summed E-state index contributed by atoms with van der Waals surface area (Å²) in [5.74, 6) is -2.71. The van der Waals surface area contributed by atoms with E-state index in [2.05, 4.69) is 6.58 Å². The summed E-state index contributed by atoms with van der Waals surface area (Å²) in [5.41, 5.74) is 0. The zero-order chi connectivity index (χ0) is 12.5. The van der Waals surface area contributed by atoms with Gasteiger partial charge in [-0.3, -0.25) is 9.59 Å². The topological polar surface area (TPSA) is 61.8 Å². The first kappa shape index (κ1) is 12.3. The van der Waals surface area contributed by atoms with Crippen molar-refractivity contribution in [3.05, 3.63) is 12.7 Å². The van der Waals surface area contributed by atoms with E-state index >= 15 is 0 Å². The van der Waals surface area contributed by atoms with Crippen molar-refractivity contribution >= 4 is 11.8 Å². The van der Waals surface area contributed by atoms with Crippen LogP contribution in [0.2, 0.25) is 0 Å². The lowest BCUT2D eigenvalue weighted by atomic mass is 9.90. The second kappa shape index (κ2) is 4.58. The molecule has 0 aromatic rings. The molecule has 0 N–H and O–H groups in total. The normalized spacial score (nSPS) is 30.8. The van der Waals surface area contributed by atoms with Crippen molar-refractivity contribution in [2.75, 3.05) is 20.3 Å². The van der Waals surface area contributed by atoms with E-state index in [9.17, 15) is 9.59 Å². The van der Waals surface area contributed by atoms with E-state index in [0.717, 1.165) is 0 Å². The molecular formula is C12H16O5. The van der Waals surface area contributed by atoms with Crippen LogP contribution in [0.5, 0.6) is 0 Å². The Hall–Kier alpha value is -1.20. The van der Waals surface area contributed by atoms with Crippen molar-refractivity contribution in [2.24, 2.45) is 11.8 Å². The third-order valence-corrected chi connectivity index (χ3v) is 3.36. The molecule has 0 aromatic carbocycles. The van der Waals surface area contributed by atoms with Crippen LogP contribution in [-0.2, 0) is 23.8 Å². The average molecular weight is 240 g/mol. The van der Waals surface area contributed by atoms with E-state index in [1.165, 1.54) is 7.11 Å². The maximum atomic E-state index is 11.9. The smallest absolute Gasteiger partial charge is 0.314 e. The summed E-state index contributed by atoms with van der Waals surface area (Å²) in [6, 6.07) is 0. The van der Waals surface area contributed by atoms with Gasteiger partial charge in [-0.15, -0.1) is 6.58 Å². The van der Waals surface area contributed by atoms with Crippen LogP contribution in [0.1, 0.15) is 12.8 Å². The van der Waals surface area contributed by atoms with E-state index in [4.69, 9.17) is 14.2 Å². The molecule has 2 aliphatic rings. The van der Waals surface area contributed by atoms with E-state index in [1.54, 1.807) is 6.08 Å². The van der Waals surface area contributed by atoms with E-state index < -0.39 is 23.6 Å². The Morgan fingerprint density at radius 1 is 1.59 bits per heavy atom. The van der Waals surface area contributed by atoms with Gasteiger partial charge in [-0.1, -0.05) is 6.08 Å². The number of hydrogen-bond donors (Lipinski definition) is 0. The molecule has 1 saturated heterocycles. The molecule has 2 fully saturated rings. The third kappa shape index (κ3) is 1.89. The minimum atomic E-state index is -1.10. The highest BCUT2D eigenvalue weighted by molar-refractivity contribution is 5.92. The molecule has 1 spiro atoms. The molecule has 1 heterocycles. The third-order valence-electron chi connectivity index (χ3n) is 3.36. The second-order valence-electron chi connectivity index (χ2n) is 4.28. The van der Waals surface area contributed by atoms with Crippen molar-refractivity contribution in [3.63, 3.8) is 0 Å². The molecule has 0 unspecified atom stereocenters. The molecule has 17 heavy (non-hydrogen) atoms. The maximum Gasteiger partial charge on any atom is 0.314 e. The molecule has 1 aliphatic heterocycles. The fourth-order valence-corrected chi connectivity index (χ4v) is 2.65. The van der Waals surface area contributed by atoms with Crippen LogP contribution < -0.4 is 0 Å². The van der Waals surface area contributed by atoms with Crippen molar-refractivity contribution in [3.8, 4) is 0 Å². The Morgan fingerprint density at radius 3 is 2.76 bits per heavy atom. The first-order valence-electron chi connectivity index (χ1n) is 5.64. The minimum absolute atomic E-state index is 0.0257. The predicted molar refractivity (Wildman–Crippen MR) is 58.1 cm³/mol. The molecule has 0 amide bonds. The SMILES string of the molecule is C=CC[C@H]1C(=O)CC2(OCCO2)[C@@H]1C(=O)OC. The first-order valence-corrected chi connectivity index (χ1v) is 5.64. The Kier molecular flexibility index (Phi) is 3.31. The predicted octanol–water partition coefficient (Wildman–Crippen LogP) is 0.684. The molecular weight excluding hydrogens is 224 g/mol. The van der Waals surface area contributed by atoms with Crippen LogP contribution in [0.3, 0.4) is 0 Å². The van der Waals surface area contributed by atoms with Crippen molar-refractivity contribution in [2.45, 2.75) is 18.6 Å². The zero-order valence-electron chi connectivity index (χ0n) is 9.81. The monoisotopic (exact) mass is 240 g/mol. The molecule has 94 valence electrons. The summed E-state index contributed by atoms with van der Waals surface area (Å²) in [4.78, 5) is 23.8. The van der Waals surface area contributed by atoms with Gasteiger partial charge in [-0.05, 0) is 6.42 Å². The van der Waals surface area contributed by atoms with Gasteiger partial charge < -0.3 is 14.2 Å². The molecule has 0 bridgehead atoms. The van der Waals surface area contributed by atoms with Crippen LogP contribution in [0.25, 0.3) is 0 Å². The van der Waals surface area contributed by atoms with Crippen molar-refractivity contribution in [1.82, 2.24) is 0 Å². The highest BCUT2D eigenvalue weighted by atomic mass is 16.7. The zero-order valence-corrected chi connectivity index (χ0v) is 9.81. The van der Waals surface area contributed by atoms with Gasteiger partial charge in [-0.25, -0.2) is 0 Å². The summed E-state index contributed by atoms with van der Waals surface area (Å²) in [5, 5.41) is 0. The number of esters is 1. The number of rotatable bonds is 3. The van der Waals surface area contributed by atoms with Gasteiger partial charge in [0.05, 0.1) is 26.7 Å². The van der Waals surface area contributed by atoms with Gasteiger partial charge in [0.1, 0.15) is 11.7 Å². The van der Waals surface area contributed by atoms with E-state index in [1.807, 2.05) is 0 Å². The largest absolute Gasteiger partial charge is 0.469 e. The molecule has 5 heteroatoms. The molecule has 1 saturated carbocycles. The van der Waals surface area contributed by atoms with Crippen LogP contribution in [0, 0.1) is 11.8 Å². The average Bonchev–Trinajstić information content (AvgIpc) is 2.86. The first-order chi connectivity index (χ1) is 8.14. The van der Waals surface area contributed by atoms with Crippen molar-refractivity contribution < 1.29 is 23.8 Å².